The lowest BCUT2D eigenvalue weighted by Gasteiger charge is -2.12. The Morgan fingerprint density at radius 2 is 1.74 bits per heavy atom. The second-order valence-electron chi connectivity index (χ2n) is 5.48. The SMILES string of the molecule is CN=C(NCCOCc1ccccc1)NCCOCC1CC1.I. The molecule has 0 radical (unpaired) electrons. The normalized spacial score (nSPS) is 14.2. The first-order chi connectivity index (χ1) is 10.9. The third kappa shape index (κ3) is 9.78. The van der Waals surface area contributed by atoms with Crippen molar-refractivity contribution in [2.75, 3.05) is 40.0 Å². The minimum absolute atomic E-state index is 0. The standard InChI is InChI=1S/C17H27N3O2.HI/c1-18-17(20-10-12-22-14-16-7-8-16)19-9-11-21-13-15-5-3-2-4-6-15;/h2-6,16H,7-14H2,1H3,(H2,18,19,20);1H. The number of hydrogen-bond donors (Lipinski definition) is 2. The van der Waals surface area contributed by atoms with Crippen LogP contribution in [0.3, 0.4) is 0 Å². The molecule has 0 spiro atoms. The third-order valence-corrected chi connectivity index (χ3v) is 3.46. The van der Waals surface area contributed by atoms with Crippen molar-refractivity contribution in [1.29, 1.82) is 0 Å². The maximum absolute atomic E-state index is 5.62. The molecule has 1 aliphatic rings. The highest BCUT2D eigenvalue weighted by Crippen LogP contribution is 2.28. The average Bonchev–Trinajstić information content (AvgIpc) is 3.37. The second-order valence-corrected chi connectivity index (χ2v) is 5.48. The van der Waals surface area contributed by atoms with Gasteiger partial charge in [0.25, 0.3) is 0 Å². The Labute approximate surface area is 156 Å². The zero-order chi connectivity index (χ0) is 15.5. The Morgan fingerprint density at radius 3 is 2.35 bits per heavy atom. The molecular formula is C17H28IN3O2. The van der Waals surface area contributed by atoms with Gasteiger partial charge in [-0.1, -0.05) is 30.3 Å². The molecule has 0 bridgehead atoms. The van der Waals surface area contributed by atoms with E-state index in [1.165, 1.54) is 18.4 Å². The Bertz CT molecular complexity index is 439. The minimum Gasteiger partial charge on any atom is -0.379 e. The Hall–Kier alpha value is -0.860. The Morgan fingerprint density at radius 1 is 1.09 bits per heavy atom. The number of aliphatic imine (C=N–C) groups is 1. The van der Waals surface area contributed by atoms with E-state index in [0.29, 0.717) is 13.2 Å². The number of benzene rings is 1. The lowest BCUT2D eigenvalue weighted by Crippen LogP contribution is -2.40. The van der Waals surface area contributed by atoms with Gasteiger partial charge in [0.15, 0.2) is 5.96 Å². The van der Waals surface area contributed by atoms with E-state index >= 15 is 0 Å². The van der Waals surface area contributed by atoms with Crippen molar-refractivity contribution in [2.45, 2.75) is 19.4 Å². The maximum Gasteiger partial charge on any atom is 0.191 e. The first-order valence-electron chi connectivity index (χ1n) is 8.02. The summed E-state index contributed by atoms with van der Waals surface area (Å²) in [5.74, 6) is 1.61. The zero-order valence-corrected chi connectivity index (χ0v) is 16.1. The minimum atomic E-state index is 0. The van der Waals surface area contributed by atoms with Gasteiger partial charge in [-0.25, -0.2) is 0 Å². The van der Waals surface area contributed by atoms with Gasteiger partial charge < -0.3 is 20.1 Å². The second kappa shape index (κ2) is 12.5. The van der Waals surface area contributed by atoms with Crippen molar-refractivity contribution in [2.24, 2.45) is 10.9 Å². The molecule has 0 aliphatic heterocycles. The number of ether oxygens (including phenoxy) is 2. The van der Waals surface area contributed by atoms with Crippen molar-refractivity contribution < 1.29 is 9.47 Å². The molecule has 0 saturated heterocycles. The monoisotopic (exact) mass is 433 g/mol. The Balaban J connectivity index is 0.00000264. The van der Waals surface area contributed by atoms with Gasteiger partial charge in [-0.2, -0.15) is 0 Å². The quantitative estimate of drug-likeness (QED) is 0.258. The third-order valence-electron chi connectivity index (χ3n) is 3.46. The predicted octanol–water partition coefficient (Wildman–Crippen LogP) is 2.41. The molecule has 2 N–H and O–H groups in total. The van der Waals surface area contributed by atoms with Gasteiger partial charge in [0.05, 0.1) is 19.8 Å². The molecule has 1 aromatic carbocycles. The van der Waals surface area contributed by atoms with Gasteiger partial charge in [-0.05, 0) is 24.3 Å². The highest BCUT2D eigenvalue weighted by Gasteiger charge is 2.20. The summed E-state index contributed by atoms with van der Waals surface area (Å²) in [7, 11) is 1.77. The van der Waals surface area contributed by atoms with Crippen LogP contribution < -0.4 is 10.6 Å². The van der Waals surface area contributed by atoms with E-state index in [2.05, 4.69) is 27.8 Å². The number of guanidine groups is 1. The van der Waals surface area contributed by atoms with Crippen LogP contribution in [0.4, 0.5) is 0 Å². The van der Waals surface area contributed by atoms with E-state index in [4.69, 9.17) is 9.47 Å². The maximum atomic E-state index is 5.62. The van der Waals surface area contributed by atoms with Crippen LogP contribution in [-0.2, 0) is 16.1 Å². The van der Waals surface area contributed by atoms with Crippen LogP contribution in [-0.4, -0.2) is 45.9 Å². The molecule has 1 fully saturated rings. The molecule has 23 heavy (non-hydrogen) atoms. The molecule has 0 unspecified atom stereocenters. The van der Waals surface area contributed by atoms with Gasteiger partial charge >= 0.3 is 0 Å². The Kier molecular flexibility index (Phi) is 11.0. The number of nitrogens with one attached hydrogen (secondary N) is 2. The lowest BCUT2D eigenvalue weighted by molar-refractivity contribution is 0.124. The first kappa shape index (κ1) is 20.2. The highest BCUT2D eigenvalue weighted by molar-refractivity contribution is 14.0. The fourth-order valence-electron chi connectivity index (χ4n) is 2.00. The summed E-state index contributed by atoms with van der Waals surface area (Å²) in [6.07, 6.45) is 2.67. The molecule has 0 aromatic heterocycles. The summed E-state index contributed by atoms with van der Waals surface area (Å²) in [6, 6.07) is 10.2. The summed E-state index contributed by atoms with van der Waals surface area (Å²) in [4.78, 5) is 4.17. The molecule has 0 heterocycles. The first-order valence-corrected chi connectivity index (χ1v) is 8.02. The van der Waals surface area contributed by atoms with E-state index in [-0.39, 0.29) is 24.0 Å². The fourth-order valence-corrected chi connectivity index (χ4v) is 2.00. The summed E-state index contributed by atoms with van der Waals surface area (Å²) >= 11 is 0. The molecule has 1 aliphatic carbocycles. The predicted molar refractivity (Wildman–Crippen MR) is 104 cm³/mol. The van der Waals surface area contributed by atoms with Crippen LogP contribution in [0.5, 0.6) is 0 Å². The average molecular weight is 433 g/mol. The van der Waals surface area contributed by atoms with Crippen LogP contribution in [0.15, 0.2) is 35.3 Å². The van der Waals surface area contributed by atoms with Gasteiger partial charge in [0, 0.05) is 26.7 Å². The van der Waals surface area contributed by atoms with Gasteiger partial charge in [-0.3, -0.25) is 4.99 Å². The summed E-state index contributed by atoms with van der Waals surface area (Å²) in [5, 5.41) is 6.46. The molecule has 1 aromatic rings. The molecule has 1 saturated carbocycles. The van der Waals surface area contributed by atoms with E-state index < -0.39 is 0 Å². The van der Waals surface area contributed by atoms with Crippen LogP contribution in [0.2, 0.25) is 0 Å². The van der Waals surface area contributed by atoms with E-state index in [1.807, 2.05) is 18.2 Å². The van der Waals surface area contributed by atoms with Crippen LogP contribution >= 0.6 is 24.0 Å². The summed E-state index contributed by atoms with van der Waals surface area (Å²) in [5.41, 5.74) is 1.19. The molecule has 2 rings (SSSR count). The molecular weight excluding hydrogens is 405 g/mol. The smallest absolute Gasteiger partial charge is 0.191 e. The van der Waals surface area contributed by atoms with Gasteiger partial charge in [0.1, 0.15) is 0 Å². The molecule has 130 valence electrons. The topological polar surface area (TPSA) is 54.9 Å². The number of hydrogen-bond acceptors (Lipinski definition) is 3. The van der Waals surface area contributed by atoms with Crippen LogP contribution in [0, 0.1) is 5.92 Å². The molecule has 6 heteroatoms. The van der Waals surface area contributed by atoms with Crippen molar-refractivity contribution in [3.8, 4) is 0 Å². The number of halogens is 1. The van der Waals surface area contributed by atoms with Crippen LogP contribution in [0.1, 0.15) is 18.4 Å². The molecule has 5 nitrogen and oxygen atoms in total. The van der Waals surface area contributed by atoms with Crippen molar-refractivity contribution in [3.05, 3.63) is 35.9 Å². The van der Waals surface area contributed by atoms with Gasteiger partial charge in [-0.15, -0.1) is 24.0 Å². The number of nitrogens with zero attached hydrogens (tertiary/aromatic N) is 1. The zero-order valence-electron chi connectivity index (χ0n) is 13.8. The van der Waals surface area contributed by atoms with E-state index in [0.717, 1.165) is 38.2 Å². The fraction of sp³-hybridized carbons (Fsp3) is 0.588. The largest absolute Gasteiger partial charge is 0.379 e. The summed E-state index contributed by atoms with van der Waals surface area (Å²) in [6.45, 7) is 4.42. The number of rotatable bonds is 10. The van der Waals surface area contributed by atoms with E-state index in [9.17, 15) is 0 Å². The van der Waals surface area contributed by atoms with Crippen molar-refractivity contribution in [3.63, 3.8) is 0 Å². The highest BCUT2D eigenvalue weighted by atomic mass is 127. The van der Waals surface area contributed by atoms with E-state index in [1.54, 1.807) is 7.05 Å². The van der Waals surface area contributed by atoms with Crippen molar-refractivity contribution >= 4 is 29.9 Å². The van der Waals surface area contributed by atoms with Crippen molar-refractivity contribution in [1.82, 2.24) is 10.6 Å². The molecule has 0 atom stereocenters. The lowest BCUT2D eigenvalue weighted by atomic mass is 10.2. The molecule has 0 amide bonds. The summed E-state index contributed by atoms with van der Waals surface area (Å²) < 4.78 is 11.2. The van der Waals surface area contributed by atoms with Gasteiger partial charge in [0.2, 0.25) is 0 Å². The van der Waals surface area contributed by atoms with Crippen LogP contribution in [0.25, 0.3) is 0 Å².